The van der Waals surface area contributed by atoms with Crippen molar-refractivity contribution in [2.75, 3.05) is 5.32 Å². The van der Waals surface area contributed by atoms with Crippen LogP contribution in [-0.4, -0.2) is 25.7 Å². The fourth-order valence-corrected chi connectivity index (χ4v) is 3.25. The average molecular weight is 426 g/mol. The molecule has 158 valence electrons. The number of benzene rings is 2. The minimum Gasteiger partial charge on any atom is -0.366 e. The molecule has 2 heterocycles. The highest BCUT2D eigenvalue weighted by atomic mass is 19.4. The van der Waals surface area contributed by atoms with Gasteiger partial charge in [-0.1, -0.05) is 36.4 Å². The van der Waals surface area contributed by atoms with E-state index >= 15 is 0 Å². The third-order valence-corrected chi connectivity index (χ3v) is 4.77. The van der Waals surface area contributed by atoms with Crippen molar-refractivity contribution >= 4 is 22.6 Å². The predicted molar refractivity (Wildman–Crippen MR) is 109 cm³/mol. The summed E-state index contributed by atoms with van der Waals surface area (Å²) < 4.78 is 42.2. The van der Waals surface area contributed by atoms with Gasteiger partial charge in [0.1, 0.15) is 5.82 Å². The molecule has 0 unspecified atom stereocenters. The Morgan fingerprint density at radius 1 is 1.10 bits per heavy atom. The number of halogens is 3. The van der Waals surface area contributed by atoms with Gasteiger partial charge in [-0.15, -0.1) is 0 Å². The number of carbonyl (C=O) groups is 1. The highest BCUT2D eigenvalue weighted by molar-refractivity contribution is 6.05. The first-order valence-corrected chi connectivity index (χ1v) is 9.26. The maximum Gasteiger partial charge on any atom is 0.433 e. The van der Waals surface area contributed by atoms with E-state index in [1.165, 1.54) is 19.2 Å². The molecule has 10 heteroatoms. The van der Waals surface area contributed by atoms with Gasteiger partial charge < -0.3 is 11.1 Å². The molecule has 31 heavy (non-hydrogen) atoms. The number of hydrogen-bond acceptors (Lipinski definition) is 5. The molecule has 2 aromatic heterocycles. The number of rotatable bonds is 5. The predicted octanol–water partition coefficient (Wildman–Crippen LogP) is 3.85. The van der Waals surface area contributed by atoms with Crippen molar-refractivity contribution < 1.29 is 18.0 Å². The molecule has 0 radical (unpaired) electrons. The molecule has 4 aromatic rings. The van der Waals surface area contributed by atoms with Crippen LogP contribution in [0.3, 0.4) is 0 Å². The summed E-state index contributed by atoms with van der Waals surface area (Å²) in [6.07, 6.45) is -3.34. The average Bonchev–Trinajstić information content (AvgIpc) is 3.17. The van der Waals surface area contributed by atoms with Gasteiger partial charge in [0.25, 0.3) is 5.95 Å². The number of nitrogens with one attached hydrogen (secondary N) is 1. The van der Waals surface area contributed by atoms with Crippen molar-refractivity contribution in [2.24, 2.45) is 5.73 Å². The second kappa shape index (κ2) is 7.71. The first kappa shape index (κ1) is 20.3. The van der Waals surface area contributed by atoms with Crippen molar-refractivity contribution in [3.63, 3.8) is 0 Å². The molecule has 4 rings (SSSR count). The van der Waals surface area contributed by atoms with Crippen molar-refractivity contribution in [3.8, 4) is 5.95 Å². The minimum absolute atomic E-state index is 0.0379. The molecule has 0 atom stereocenters. The summed E-state index contributed by atoms with van der Waals surface area (Å²) in [7, 11) is 0. The van der Waals surface area contributed by atoms with Crippen LogP contribution in [-0.2, 0) is 12.7 Å². The fourth-order valence-electron chi connectivity index (χ4n) is 3.25. The first-order chi connectivity index (χ1) is 14.8. The quantitative estimate of drug-likeness (QED) is 0.505. The Hall–Kier alpha value is -3.95. The Balaban J connectivity index is 1.84. The number of alkyl halides is 3. The number of primary amides is 1. The van der Waals surface area contributed by atoms with Gasteiger partial charge in [0.05, 0.1) is 17.3 Å². The Labute approximate surface area is 174 Å². The summed E-state index contributed by atoms with van der Waals surface area (Å²) in [5.41, 5.74) is 5.64. The largest absolute Gasteiger partial charge is 0.433 e. The van der Waals surface area contributed by atoms with Gasteiger partial charge in [-0.2, -0.15) is 27.9 Å². The van der Waals surface area contributed by atoms with Crippen LogP contribution in [0.4, 0.5) is 19.0 Å². The summed E-state index contributed by atoms with van der Waals surface area (Å²) in [6, 6.07) is 13.9. The number of anilines is 1. The van der Waals surface area contributed by atoms with Crippen LogP contribution in [0.5, 0.6) is 0 Å². The molecule has 0 bridgehead atoms. The number of hydrogen-bond donors (Lipinski definition) is 2. The normalized spacial score (nSPS) is 11.6. The molecular weight excluding hydrogens is 409 g/mol. The highest BCUT2D eigenvalue weighted by Crippen LogP contribution is 2.33. The van der Waals surface area contributed by atoms with Crippen molar-refractivity contribution in [1.29, 1.82) is 0 Å². The van der Waals surface area contributed by atoms with Crippen LogP contribution < -0.4 is 11.1 Å². The smallest absolute Gasteiger partial charge is 0.366 e. The third-order valence-electron chi connectivity index (χ3n) is 4.77. The van der Waals surface area contributed by atoms with Gasteiger partial charge in [-0.25, -0.2) is 4.98 Å². The fraction of sp³-hybridized carbons (Fsp3) is 0.143. The van der Waals surface area contributed by atoms with Crippen LogP contribution in [0.25, 0.3) is 16.9 Å². The van der Waals surface area contributed by atoms with Gasteiger partial charge in [0, 0.05) is 17.5 Å². The first-order valence-electron chi connectivity index (χ1n) is 9.26. The van der Waals surface area contributed by atoms with E-state index in [4.69, 9.17) is 5.73 Å². The highest BCUT2D eigenvalue weighted by Gasteiger charge is 2.36. The molecular formula is C21H17F3N6O. The van der Waals surface area contributed by atoms with E-state index < -0.39 is 17.8 Å². The summed E-state index contributed by atoms with van der Waals surface area (Å²) in [6.45, 7) is 1.59. The molecule has 0 spiro atoms. The SMILES string of the molecule is Cc1c(NCc2ccccc2)nc(-n2ncc3c(C(N)=O)cccc32)nc1C(F)(F)F. The number of carbonyl (C=O) groups excluding carboxylic acids is 1. The van der Waals surface area contributed by atoms with Crippen LogP contribution in [0.2, 0.25) is 0 Å². The molecule has 2 aromatic carbocycles. The third kappa shape index (κ3) is 3.91. The van der Waals surface area contributed by atoms with Crippen LogP contribution >= 0.6 is 0 Å². The van der Waals surface area contributed by atoms with E-state index in [1.54, 1.807) is 12.1 Å². The lowest BCUT2D eigenvalue weighted by Gasteiger charge is -2.16. The van der Waals surface area contributed by atoms with Gasteiger partial charge in [0.2, 0.25) is 5.91 Å². The maximum absolute atomic E-state index is 13.7. The number of nitrogens with two attached hydrogens (primary N) is 1. The van der Waals surface area contributed by atoms with E-state index in [2.05, 4.69) is 20.4 Å². The summed E-state index contributed by atoms with van der Waals surface area (Å²) in [5.74, 6) is -0.905. The second-order valence-electron chi connectivity index (χ2n) is 6.84. The lowest BCUT2D eigenvalue weighted by Crippen LogP contribution is -2.18. The van der Waals surface area contributed by atoms with Crippen LogP contribution in [0.15, 0.2) is 54.7 Å². The molecule has 1 amide bonds. The zero-order valence-corrected chi connectivity index (χ0v) is 16.3. The monoisotopic (exact) mass is 426 g/mol. The van der Waals surface area contributed by atoms with Gasteiger partial charge >= 0.3 is 6.18 Å². The number of amides is 1. The maximum atomic E-state index is 13.7. The summed E-state index contributed by atoms with van der Waals surface area (Å²) in [4.78, 5) is 19.7. The van der Waals surface area contributed by atoms with Crippen LogP contribution in [0, 0.1) is 6.92 Å². The van der Waals surface area contributed by atoms with E-state index in [-0.39, 0.29) is 29.4 Å². The lowest BCUT2D eigenvalue weighted by atomic mass is 10.1. The molecule has 0 saturated carbocycles. The number of nitrogens with zero attached hydrogens (tertiary/aromatic N) is 4. The Bertz CT molecular complexity index is 1270. The molecule has 7 nitrogen and oxygen atoms in total. The topological polar surface area (TPSA) is 98.7 Å². The molecule has 0 fully saturated rings. The minimum atomic E-state index is -4.69. The second-order valence-corrected chi connectivity index (χ2v) is 6.84. The zero-order valence-electron chi connectivity index (χ0n) is 16.3. The molecule has 0 aliphatic carbocycles. The van der Waals surface area contributed by atoms with Crippen LogP contribution in [0.1, 0.15) is 27.2 Å². The molecule has 3 N–H and O–H groups in total. The van der Waals surface area contributed by atoms with Crippen molar-refractivity contribution in [1.82, 2.24) is 19.7 Å². The number of fused-ring (bicyclic) bond motifs is 1. The standard InChI is InChI=1S/C21H17F3N6O/c1-12-17(21(22,23)24)28-20(29-19(12)26-10-13-6-3-2-4-7-13)30-16-9-5-8-14(18(25)31)15(16)11-27-30/h2-9,11H,10H2,1H3,(H2,25,31)(H,26,28,29). The summed E-state index contributed by atoms with van der Waals surface area (Å²) >= 11 is 0. The Morgan fingerprint density at radius 3 is 2.52 bits per heavy atom. The van der Waals surface area contributed by atoms with Gasteiger partial charge in [-0.05, 0) is 24.6 Å². The zero-order chi connectivity index (χ0) is 22.2. The van der Waals surface area contributed by atoms with Gasteiger partial charge in [0.15, 0.2) is 5.69 Å². The Morgan fingerprint density at radius 2 is 1.84 bits per heavy atom. The summed E-state index contributed by atoms with van der Waals surface area (Å²) in [5, 5.41) is 7.46. The lowest BCUT2D eigenvalue weighted by molar-refractivity contribution is -0.141. The van der Waals surface area contributed by atoms with E-state index in [9.17, 15) is 18.0 Å². The molecule has 0 aliphatic rings. The van der Waals surface area contributed by atoms with Gasteiger partial charge in [-0.3, -0.25) is 4.79 Å². The van der Waals surface area contributed by atoms with Crippen molar-refractivity contribution in [2.45, 2.75) is 19.6 Å². The van der Waals surface area contributed by atoms with E-state index in [0.29, 0.717) is 10.9 Å². The Kier molecular flexibility index (Phi) is 5.05. The van der Waals surface area contributed by atoms with Crippen molar-refractivity contribution in [3.05, 3.63) is 77.1 Å². The van der Waals surface area contributed by atoms with E-state index in [1.807, 2.05) is 30.3 Å². The molecule has 0 saturated heterocycles. The van der Waals surface area contributed by atoms with E-state index in [0.717, 1.165) is 10.2 Å². The molecule has 0 aliphatic heterocycles. The number of aromatic nitrogens is 4.